The number of alkyl halides is 3. The lowest BCUT2D eigenvalue weighted by Crippen LogP contribution is -2.33. The molecule has 1 amide bonds. The summed E-state index contributed by atoms with van der Waals surface area (Å²) in [5.74, 6) is -1.04. The molecule has 2 N–H and O–H groups in total. The molecular weight excluding hydrogens is 399 g/mol. The van der Waals surface area contributed by atoms with Crippen molar-refractivity contribution in [2.45, 2.75) is 25.7 Å². The average molecular weight is 415 g/mol. The third-order valence-electron chi connectivity index (χ3n) is 3.63. The van der Waals surface area contributed by atoms with Crippen LogP contribution < -0.4 is 10.6 Å². The van der Waals surface area contributed by atoms with Crippen LogP contribution in [0.15, 0.2) is 41.0 Å². The number of ether oxygens (including phenoxy) is 1. The number of carbonyl (C=O) groups excluding carboxylic acids is 2. The minimum Gasteiger partial charge on any atom is -0.467 e. The molecule has 29 heavy (non-hydrogen) atoms. The number of nitrogens with one attached hydrogen (secondary N) is 2. The summed E-state index contributed by atoms with van der Waals surface area (Å²) >= 11 is 0. The van der Waals surface area contributed by atoms with Crippen LogP contribution in [-0.4, -0.2) is 29.4 Å². The Kier molecular flexibility index (Phi) is 6.80. The number of benzene rings is 1. The third kappa shape index (κ3) is 6.23. The normalized spacial score (nSPS) is 12.1. The van der Waals surface area contributed by atoms with Crippen molar-refractivity contribution in [3.05, 3.63) is 58.0 Å². The molecule has 0 unspecified atom stereocenters. The molecule has 12 heteroatoms. The van der Waals surface area contributed by atoms with E-state index in [-0.39, 0.29) is 12.2 Å². The number of hydrogen-bond acceptors (Lipinski definition) is 7. The Morgan fingerprint density at radius 2 is 2.03 bits per heavy atom. The van der Waals surface area contributed by atoms with E-state index in [2.05, 4.69) is 10.6 Å². The summed E-state index contributed by atoms with van der Waals surface area (Å²) in [5, 5.41) is 15.9. The molecule has 1 aromatic heterocycles. The molecule has 1 heterocycles. The molecule has 0 aliphatic carbocycles. The minimum atomic E-state index is -4.75. The first kappa shape index (κ1) is 21.7. The van der Waals surface area contributed by atoms with Crippen molar-refractivity contribution in [1.82, 2.24) is 5.32 Å². The van der Waals surface area contributed by atoms with Crippen LogP contribution in [0.4, 0.5) is 24.5 Å². The Labute approximate surface area is 162 Å². The molecule has 0 saturated heterocycles. The Bertz CT molecular complexity index is 883. The lowest BCUT2D eigenvalue weighted by molar-refractivity contribution is -0.384. The monoisotopic (exact) mass is 415 g/mol. The third-order valence-corrected chi connectivity index (χ3v) is 3.63. The number of furan rings is 1. The molecule has 0 aliphatic heterocycles. The van der Waals surface area contributed by atoms with E-state index in [0.29, 0.717) is 17.9 Å². The second-order valence-corrected chi connectivity index (χ2v) is 5.82. The highest BCUT2D eigenvalue weighted by molar-refractivity contribution is 5.84. The van der Waals surface area contributed by atoms with Crippen LogP contribution in [0.3, 0.4) is 0 Å². The van der Waals surface area contributed by atoms with Gasteiger partial charge < -0.3 is 19.8 Å². The molecule has 1 aromatic carbocycles. The van der Waals surface area contributed by atoms with Crippen LogP contribution in [-0.2, 0) is 27.0 Å². The quantitative estimate of drug-likeness (QED) is 0.386. The fourth-order valence-corrected chi connectivity index (χ4v) is 2.18. The minimum absolute atomic E-state index is 0.0922. The van der Waals surface area contributed by atoms with Gasteiger partial charge in [0.2, 0.25) is 0 Å². The number of rotatable bonds is 8. The van der Waals surface area contributed by atoms with Gasteiger partial charge in [-0.15, -0.1) is 0 Å². The molecule has 0 saturated carbocycles. The van der Waals surface area contributed by atoms with E-state index in [4.69, 9.17) is 9.15 Å². The number of hydrogen-bond donors (Lipinski definition) is 2. The molecule has 2 aromatic rings. The summed E-state index contributed by atoms with van der Waals surface area (Å²) in [6, 6.07) is 3.96. The van der Waals surface area contributed by atoms with E-state index >= 15 is 0 Å². The van der Waals surface area contributed by atoms with Gasteiger partial charge in [0, 0.05) is 6.07 Å². The van der Waals surface area contributed by atoms with E-state index < -0.39 is 46.9 Å². The summed E-state index contributed by atoms with van der Waals surface area (Å²) in [6.45, 7) is 0.764. The number of nitro groups is 1. The molecule has 0 radical (unpaired) electrons. The Morgan fingerprint density at radius 1 is 1.31 bits per heavy atom. The molecule has 9 nitrogen and oxygen atoms in total. The van der Waals surface area contributed by atoms with Crippen molar-refractivity contribution in [2.24, 2.45) is 0 Å². The van der Waals surface area contributed by atoms with Crippen LogP contribution in [0.1, 0.15) is 18.2 Å². The SMILES string of the molecule is C[C@H](Nc1ccc(C(F)(F)F)cc1[N+](=O)[O-])C(=O)OCC(=O)NCc1ccco1. The van der Waals surface area contributed by atoms with E-state index in [1.807, 2.05) is 0 Å². The predicted molar refractivity (Wildman–Crippen MR) is 92.7 cm³/mol. The molecule has 1 atom stereocenters. The molecule has 0 fully saturated rings. The van der Waals surface area contributed by atoms with E-state index in [0.717, 1.165) is 6.07 Å². The maximum atomic E-state index is 12.7. The lowest BCUT2D eigenvalue weighted by Gasteiger charge is -2.15. The van der Waals surface area contributed by atoms with Gasteiger partial charge in [0.15, 0.2) is 6.61 Å². The lowest BCUT2D eigenvalue weighted by atomic mass is 10.1. The van der Waals surface area contributed by atoms with Crippen LogP contribution in [0.5, 0.6) is 0 Å². The summed E-state index contributed by atoms with van der Waals surface area (Å²) in [5.41, 5.74) is -2.34. The van der Waals surface area contributed by atoms with Crippen molar-refractivity contribution in [3.8, 4) is 0 Å². The average Bonchev–Trinajstić information content (AvgIpc) is 3.17. The predicted octanol–water partition coefficient (Wildman–Crippen LogP) is 2.87. The maximum Gasteiger partial charge on any atom is 0.416 e. The number of carbonyl (C=O) groups is 2. The first-order valence-corrected chi connectivity index (χ1v) is 8.16. The van der Waals surface area contributed by atoms with Crippen LogP contribution >= 0.6 is 0 Å². The molecule has 0 aliphatic rings. The second-order valence-electron chi connectivity index (χ2n) is 5.82. The number of amides is 1. The number of anilines is 1. The van der Waals surface area contributed by atoms with Gasteiger partial charge in [-0.25, -0.2) is 4.79 Å². The summed E-state index contributed by atoms with van der Waals surface area (Å²) in [4.78, 5) is 33.7. The van der Waals surface area contributed by atoms with Gasteiger partial charge in [0.1, 0.15) is 17.5 Å². The molecule has 0 bridgehead atoms. The first-order chi connectivity index (χ1) is 13.6. The van der Waals surface area contributed by atoms with Gasteiger partial charge in [0.25, 0.3) is 11.6 Å². The smallest absolute Gasteiger partial charge is 0.416 e. The van der Waals surface area contributed by atoms with Crippen molar-refractivity contribution < 1.29 is 36.8 Å². The van der Waals surface area contributed by atoms with Crippen molar-refractivity contribution in [2.75, 3.05) is 11.9 Å². The number of esters is 1. The second kappa shape index (κ2) is 9.08. The zero-order valence-electron chi connectivity index (χ0n) is 15.0. The molecule has 0 spiro atoms. The first-order valence-electron chi connectivity index (χ1n) is 8.16. The topological polar surface area (TPSA) is 124 Å². The van der Waals surface area contributed by atoms with Gasteiger partial charge >= 0.3 is 12.1 Å². The highest BCUT2D eigenvalue weighted by atomic mass is 19.4. The Hall–Kier alpha value is -3.57. The van der Waals surface area contributed by atoms with Gasteiger partial charge in [-0.2, -0.15) is 13.2 Å². The van der Waals surface area contributed by atoms with Crippen molar-refractivity contribution in [1.29, 1.82) is 0 Å². The number of nitrogens with zero attached hydrogens (tertiary/aromatic N) is 1. The highest BCUT2D eigenvalue weighted by Gasteiger charge is 2.33. The van der Waals surface area contributed by atoms with Gasteiger partial charge in [-0.3, -0.25) is 14.9 Å². The Morgan fingerprint density at radius 3 is 2.62 bits per heavy atom. The fraction of sp³-hybridized carbons (Fsp3) is 0.294. The van der Waals surface area contributed by atoms with Crippen molar-refractivity contribution in [3.63, 3.8) is 0 Å². The molecule has 2 rings (SSSR count). The largest absolute Gasteiger partial charge is 0.467 e. The highest BCUT2D eigenvalue weighted by Crippen LogP contribution is 2.35. The molecular formula is C17H16F3N3O6. The zero-order chi connectivity index (χ0) is 21.6. The van der Waals surface area contributed by atoms with E-state index in [1.54, 1.807) is 12.1 Å². The van der Waals surface area contributed by atoms with Gasteiger partial charge in [-0.1, -0.05) is 0 Å². The summed E-state index contributed by atoms with van der Waals surface area (Å²) in [7, 11) is 0. The van der Waals surface area contributed by atoms with Crippen LogP contribution in [0.2, 0.25) is 0 Å². The summed E-state index contributed by atoms with van der Waals surface area (Å²) < 4.78 is 48.0. The zero-order valence-corrected chi connectivity index (χ0v) is 15.0. The fourth-order valence-electron chi connectivity index (χ4n) is 2.18. The van der Waals surface area contributed by atoms with E-state index in [9.17, 15) is 32.9 Å². The van der Waals surface area contributed by atoms with Crippen LogP contribution in [0.25, 0.3) is 0 Å². The maximum absolute atomic E-state index is 12.7. The van der Waals surface area contributed by atoms with Crippen LogP contribution in [0, 0.1) is 10.1 Å². The van der Waals surface area contributed by atoms with Gasteiger partial charge in [-0.05, 0) is 31.2 Å². The summed E-state index contributed by atoms with van der Waals surface area (Å²) in [6.07, 6.45) is -3.33. The number of halogens is 3. The standard InChI is InChI=1S/C17H16F3N3O6/c1-10(16(25)29-9-15(24)21-8-12-3-2-6-28-12)22-13-5-4-11(17(18,19)20)7-14(13)23(26)27/h2-7,10,22H,8-9H2,1H3,(H,21,24)/t10-/m0/s1. The number of nitro benzene ring substituents is 1. The molecule has 156 valence electrons. The van der Waals surface area contributed by atoms with Crippen molar-refractivity contribution >= 4 is 23.3 Å². The van der Waals surface area contributed by atoms with Gasteiger partial charge in [0.05, 0.1) is 23.3 Å². The van der Waals surface area contributed by atoms with E-state index in [1.165, 1.54) is 13.2 Å². The Balaban J connectivity index is 1.93.